The van der Waals surface area contributed by atoms with Crippen molar-refractivity contribution in [2.24, 2.45) is 0 Å². The Morgan fingerprint density at radius 3 is 3.00 bits per heavy atom. The molecule has 3 nitrogen and oxygen atoms in total. The van der Waals surface area contributed by atoms with Crippen LogP contribution in [0.1, 0.15) is 6.42 Å². The molecule has 1 atom stereocenters. The second kappa shape index (κ2) is 4.02. The van der Waals surface area contributed by atoms with E-state index in [1.54, 1.807) is 17.3 Å². The van der Waals surface area contributed by atoms with Crippen LogP contribution in [-0.4, -0.2) is 22.8 Å². The number of rotatable bonds is 1. The number of alkyl halides is 1. The largest absolute Gasteiger partial charge is 0.310 e. The van der Waals surface area contributed by atoms with E-state index in [-0.39, 0.29) is 11.3 Å². The van der Waals surface area contributed by atoms with Gasteiger partial charge in [0.25, 0.3) is 0 Å². The first kappa shape index (κ1) is 10.2. The maximum Gasteiger partial charge on any atom is 0.228 e. The fraction of sp³-hybridized carbons (Fsp3) is 0.333. The van der Waals surface area contributed by atoms with Crippen molar-refractivity contribution in [2.45, 2.75) is 11.8 Å². The maximum atomic E-state index is 11.6. The first-order valence-corrected chi connectivity index (χ1v) is 5.74. The van der Waals surface area contributed by atoms with Gasteiger partial charge in [0.05, 0.1) is 14.6 Å². The van der Waals surface area contributed by atoms with Crippen molar-refractivity contribution in [3.8, 4) is 0 Å². The van der Waals surface area contributed by atoms with Crippen molar-refractivity contribution in [3.63, 3.8) is 0 Å². The third-order valence-corrected chi connectivity index (χ3v) is 3.24. The van der Waals surface area contributed by atoms with Gasteiger partial charge in [-0.15, -0.1) is 11.6 Å². The zero-order valence-electron chi connectivity index (χ0n) is 7.28. The van der Waals surface area contributed by atoms with E-state index in [1.807, 2.05) is 6.07 Å². The first-order valence-electron chi connectivity index (χ1n) is 4.22. The summed E-state index contributed by atoms with van der Waals surface area (Å²) >= 11 is 8.09. The summed E-state index contributed by atoms with van der Waals surface area (Å²) in [7, 11) is 0. The molecule has 0 spiro atoms. The van der Waals surface area contributed by atoms with Gasteiger partial charge >= 0.3 is 0 Å². The number of aromatic nitrogens is 1. The highest BCUT2D eigenvalue weighted by Gasteiger charge is 2.29. The number of nitrogens with zero attached hydrogens (tertiary/aromatic N) is 2. The number of carbonyl (C=O) groups is 1. The van der Waals surface area contributed by atoms with Crippen LogP contribution in [0, 0.1) is 3.57 Å². The Morgan fingerprint density at radius 2 is 2.43 bits per heavy atom. The molecule has 0 saturated carbocycles. The van der Waals surface area contributed by atoms with Crippen LogP contribution in [0.3, 0.4) is 0 Å². The van der Waals surface area contributed by atoms with E-state index in [2.05, 4.69) is 27.6 Å². The number of halogens is 2. The maximum absolute atomic E-state index is 11.6. The van der Waals surface area contributed by atoms with E-state index in [9.17, 15) is 4.79 Å². The van der Waals surface area contributed by atoms with Gasteiger partial charge in [-0.3, -0.25) is 9.78 Å². The van der Waals surface area contributed by atoms with Crippen molar-refractivity contribution >= 4 is 45.8 Å². The van der Waals surface area contributed by atoms with Crippen LogP contribution >= 0.6 is 34.2 Å². The van der Waals surface area contributed by atoms with Crippen LogP contribution in [0.15, 0.2) is 18.5 Å². The summed E-state index contributed by atoms with van der Waals surface area (Å²) in [6.45, 7) is 0.598. The van der Waals surface area contributed by atoms with Crippen LogP contribution in [0.2, 0.25) is 0 Å². The van der Waals surface area contributed by atoms with Gasteiger partial charge < -0.3 is 4.90 Å². The Labute approximate surface area is 101 Å². The SMILES string of the molecule is O=C1CC(Cl)CN1c1ccncc1I. The molecule has 1 fully saturated rings. The Hall–Kier alpha value is -0.360. The quantitative estimate of drug-likeness (QED) is 0.585. The molecule has 1 aliphatic rings. The highest BCUT2D eigenvalue weighted by Crippen LogP contribution is 2.27. The van der Waals surface area contributed by atoms with Gasteiger partial charge in [0.1, 0.15) is 0 Å². The summed E-state index contributed by atoms with van der Waals surface area (Å²) in [6.07, 6.45) is 3.86. The van der Waals surface area contributed by atoms with E-state index < -0.39 is 0 Å². The summed E-state index contributed by atoms with van der Waals surface area (Å²) in [5.41, 5.74) is 0.911. The van der Waals surface area contributed by atoms with Crippen LogP contribution in [0.5, 0.6) is 0 Å². The molecule has 1 saturated heterocycles. The standard InChI is InChI=1S/C9H8ClIN2O/c10-6-3-9(14)13(5-6)8-1-2-12-4-7(8)11/h1-2,4,6H,3,5H2. The van der Waals surface area contributed by atoms with Gasteiger partial charge in [-0.1, -0.05) is 0 Å². The fourth-order valence-corrected chi connectivity index (χ4v) is 2.39. The topological polar surface area (TPSA) is 33.2 Å². The molecule has 1 aromatic heterocycles. The Morgan fingerprint density at radius 1 is 1.64 bits per heavy atom. The Bertz CT molecular complexity index is 372. The predicted octanol–water partition coefficient (Wildman–Crippen LogP) is 2.03. The van der Waals surface area contributed by atoms with E-state index >= 15 is 0 Å². The minimum Gasteiger partial charge on any atom is -0.310 e. The molecule has 0 N–H and O–H groups in total. The smallest absolute Gasteiger partial charge is 0.228 e. The lowest BCUT2D eigenvalue weighted by Crippen LogP contribution is -2.25. The summed E-state index contributed by atoms with van der Waals surface area (Å²) in [5.74, 6) is 0.0918. The molecule has 1 aromatic rings. The van der Waals surface area contributed by atoms with Crippen molar-refractivity contribution in [3.05, 3.63) is 22.0 Å². The fourth-order valence-electron chi connectivity index (χ4n) is 1.48. The van der Waals surface area contributed by atoms with E-state index in [0.29, 0.717) is 13.0 Å². The first-order chi connectivity index (χ1) is 6.68. The zero-order chi connectivity index (χ0) is 10.1. The molecule has 1 unspecified atom stereocenters. The van der Waals surface area contributed by atoms with Crippen molar-refractivity contribution in [2.75, 3.05) is 11.4 Å². The lowest BCUT2D eigenvalue weighted by molar-refractivity contribution is -0.117. The third kappa shape index (κ3) is 1.86. The number of amides is 1. The number of hydrogen-bond acceptors (Lipinski definition) is 2. The van der Waals surface area contributed by atoms with Gasteiger partial charge in [0, 0.05) is 25.4 Å². The van der Waals surface area contributed by atoms with Crippen LogP contribution in [-0.2, 0) is 4.79 Å². The summed E-state index contributed by atoms with van der Waals surface area (Å²) < 4.78 is 0.976. The summed E-state index contributed by atoms with van der Waals surface area (Å²) in [4.78, 5) is 17.3. The molecular weight excluding hydrogens is 314 g/mol. The highest BCUT2D eigenvalue weighted by atomic mass is 127. The Kier molecular flexibility index (Phi) is 2.92. The van der Waals surface area contributed by atoms with Gasteiger partial charge in [-0.05, 0) is 28.7 Å². The molecule has 14 heavy (non-hydrogen) atoms. The minimum atomic E-state index is -0.0635. The van der Waals surface area contributed by atoms with Crippen LogP contribution in [0.4, 0.5) is 5.69 Å². The molecule has 0 aliphatic carbocycles. The van der Waals surface area contributed by atoms with E-state index in [4.69, 9.17) is 11.6 Å². The average Bonchev–Trinajstić information content (AvgIpc) is 2.46. The number of carbonyl (C=O) groups excluding carboxylic acids is 1. The highest BCUT2D eigenvalue weighted by molar-refractivity contribution is 14.1. The molecule has 2 rings (SSSR count). The van der Waals surface area contributed by atoms with E-state index in [1.165, 1.54) is 0 Å². The molecule has 5 heteroatoms. The Balaban J connectivity index is 2.32. The van der Waals surface area contributed by atoms with Crippen molar-refractivity contribution in [1.29, 1.82) is 0 Å². The molecule has 74 valence electrons. The summed E-state index contributed by atoms with van der Waals surface area (Å²) in [5, 5.41) is -0.0635. The molecular formula is C9H8ClIN2O. The molecule has 0 bridgehead atoms. The molecule has 2 heterocycles. The van der Waals surface area contributed by atoms with Crippen LogP contribution < -0.4 is 4.90 Å². The molecule has 1 amide bonds. The predicted molar refractivity (Wildman–Crippen MR) is 63.6 cm³/mol. The molecule has 1 aliphatic heterocycles. The average molecular weight is 323 g/mol. The number of hydrogen-bond donors (Lipinski definition) is 0. The second-order valence-corrected chi connectivity index (χ2v) is 4.91. The molecule has 0 aromatic carbocycles. The van der Waals surface area contributed by atoms with Gasteiger partial charge in [-0.2, -0.15) is 0 Å². The summed E-state index contributed by atoms with van der Waals surface area (Å²) in [6, 6.07) is 1.84. The number of anilines is 1. The van der Waals surface area contributed by atoms with E-state index in [0.717, 1.165) is 9.26 Å². The minimum absolute atomic E-state index is 0.0635. The monoisotopic (exact) mass is 322 g/mol. The number of pyridine rings is 1. The zero-order valence-corrected chi connectivity index (χ0v) is 10.2. The third-order valence-electron chi connectivity index (χ3n) is 2.12. The normalized spacial score (nSPS) is 21.7. The van der Waals surface area contributed by atoms with Crippen LogP contribution in [0.25, 0.3) is 0 Å². The van der Waals surface area contributed by atoms with Gasteiger partial charge in [0.2, 0.25) is 5.91 Å². The lowest BCUT2D eigenvalue weighted by Gasteiger charge is -2.16. The van der Waals surface area contributed by atoms with Gasteiger partial charge in [-0.25, -0.2) is 0 Å². The second-order valence-electron chi connectivity index (χ2n) is 3.13. The molecule has 0 radical (unpaired) electrons. The lowest BCUT2D eigenvalue weighted by atomic mass is 10.4. The van der Waals surface area contributed by atoms with Crippen molar-refractivity contribution in [1.82, 2.24) is 4.98 Å². The van der Waals surface area contributed by atoms with Crippen molar-refractivity contribution < 1.29 is 4.79 Å². The van der Waals surface area contributed by atoms with Gasteiger partial charge in [0.15, 0.2) is 0 Å².